The number of rotatable bonds is 5. The Morgan fingerprint density at radius 3 is 2.88 bits per heavy atom. The molecule has 0 aliphatic carbocycles. The summed E-state index contributed by atoms with van der Waals surface area (Å²) < 4.78 is 19.5. The van der Waals surface area contributed by atoms with E-state index in [1.807, 2.05) is 6.92 Å². The van der Waals surface area contributed by atoms with E-state index in [0.29, 0.717) is 23.2 Å². The van der Waals surface area contributed by atoms with E-state index in [4.69, 9.17) is 22.2 Å². The number of hydrogen-bond acceptors (Lipinski definition) is 3. The largest absolute Gasteiger partial charge is 0.380 e. The van der Waals surface area contributed by atoms with Crippen LogP contribution in [0.5, 0.6) is 0 Å². The number of ether oxygens (including phenoxy) is 1. The summed E-state index contributed by atoms with van der Waals surface area (Å²) in [5.41, 5.74) is 2.89. The highest BCUT2D eigenvalue weighted by Gasteiger charge is 2.18. The first kappa shape index (κ1) is 13.9. The van der Waals surface area contributed by atoms with Crippen molar-refractivity contribution in [3.63, 3.8) is 0 Å². The zero-order chi connectivity index (χ0) is 12.1. The summed E-state index contributed by atoms with van der Waals surface area (Å²) in [5, 5.41) is 0.0502. The molecule has 1 aromatic carbocycles. The molecule has 0 radical (unpaired) electrons. The molecule has 1 rings (SSSR count). The molecule has 0 aliphatic rings. The minimum Gasteiger partial charge on any atom is -0.380 e. The Hall–Kier alpha value is -0.200. The van der Waals surface area contributed by atoms with Crippen molar-refractivity contribution in [1.82, 2.24) is 5.43 Å². The minimum absolute atomic E-state index is 0.0502. The number of halogens is 3. The normalized spacial score (nSPS) is 12.8. The van der Waals surface area contributed by atoms with Gasteiger partial charge in [0.05, 0.1) is 17.7 Å². The molecule has 0 fully saturated rings. The Morgan fingerprint density at radius 1 is 1.62 bits per heavy atom. The second-order valence-corrected chi connectivity index (χ2v) is 4.38. The van der Waals surface area contributed by atoms with Crippen LogP contribution in [0.4, 0.5) is 4.39 Å². The van der Waals surface area contributed by atoms with Crippen molar-refractivity contribution < 1.29 is 9.13 Å². The fourth-order valence-corrected chi connectivity index (χ4v) is 1.75. The topological polar surface area (TPSA) is 47.3 Å². The molecule has 90 valence electrons. The molecule has 0 heterocycles. The number of hydrogen-bond donors (Lipinski definition) is 2. The number of benzene rings is 1. The van der Waals surface area contributed by atoms with Crippen LogP contribution in [0.15, 0.2) is 16.6 Å². The number of nitrogens with one attached hydrogen (secondary N) is 1. The first-order valence-electron chi connectivity index (χ1n) is 4.79. The van der Waals surface area contributed by atoms with Gasteiger partial charge in [-0.05, 0) is 28.9 Å². The molecule has 0 aromatic heterocycles. The summed E-state index contributed by atoms with van der Waals surface area (Å²) in [5.74, 6) is 4.86. The van der Waals surface area contributed by atoms with Crippen molar-refractivity contribution in [1.29, 1.82) is 0 Å². The molecule has 0 spiro atoms. The van der Waals surface area contributed by atoms with E-state index in [-0.39, 0.29) is 5.02 Å². The van der Waals surface area contributed by atoms with Crippen molar-refractivity contribution in [3.05, 3.63) is 33.0 Å². The van der Waals surface area contributed by atoms with Crippen LogP contribution in [-0.2, 0) is 4.74 Å². The van der Waals surface area contributed by atoms with Crippen molar-refractivity contribution in [2.45, 2.75) is 13.0 Å². The Balaban J connectivity index is 2.96. The minimum atomic E-state index is -0.487. The second-order valence-electron chi connectivity index (χ2n) is 3.14. The Morgan fingerprint density at radius 2 is 2.31 bits per heavy atom. The molecular weight excluding hydrogens is 298 g/mol. The van der Waals surface area contributed by atoms with E-state index in [9.17, 15) is 4.39 Å². The van der Waals surface area contributed by atoms with Crippen LogP contribution < -0.4 is 11.3 Å². The Bertz CT molecular complexity index is 365. The number of nitrogens with two attached hydrogens (primary N) is 1. The average molecular weight is 312 g/mol. The fraction of sp³-hybridized carbons (Fsp3) is 0.400. The van der Waals surface area contributed by atoms with Crippen LogP contribution in [0.25, 0.3) is 0 Å². The van der Waals surface area contributed by atoms with Gasteiger partial charge in [0, 0.05) is 16.6 Å². The predicted molar refractivity (Wildman–Crippen MR) is 65.7 cm³/mol. The van der Waals surface area contributed by atoms with E-state index < -0.39 is 11.9 Å². The third-order valence-corrected chi connectivity index (χ3v) is 3.39. The van der Waals surface area contributed by atoms with E-state index in [0.717, 1.165) is 0 Å². The van der Waals surface area contributed by atoms with Crippen LogP contribution in [0, 0.1) is 5.82 Å². The molecule has 16 heavy (non-hydrogen) atoms. The Labute approximate surface area is 107 Å². The van der Waals surface area contributed by atoms with E-state index in [1.54, 1.807) is 12.1 Å². The summed E-state index contributed by atoms with van der Waals surface area (Å²) in [6.45, 7) is 2.70. The van der Waals surface area contributed by atoms with Crippen molar-refractivity contribution in [2.24, 2.45) is 5.84 Å². The van der Waals surface area contributed by atoms with Gasteiger partial charge in [-0.2, -0.15) is 0 Å². The molecule has 0 bridgehead atoms. The molecule has 0 saturated carbocycles. The van der Waals surface area contributed by atoms with Gasteiger partial charge in [0.1, 0.15) is 5.82 Å². The molecule has 1 aromatic rings. The lowest BCUT2D eigenvalue weighted by molar-refractivity contribution is 0.122. The number of hydrazine groups is 1. The van der Waals surface area contributed by atoms with Crippen LogP contribution in [0.2, 0.25) is 5.02 Å². The van der Waals surface area contributed by atoms with Gasteiger partial charge in [0.25, 0.3) is 0 Å². The SMILES string of the molecule is CCOCC(NN)c1ccc(Br)c(Cl)c1F. The van der Waals surface area contributed by atoms with Gasteiger partial charge in [0.15, 0.2) is 0 Å². The van der Waals surface area contributed by atoms with E-state index in [2.05, 4.69) is 21.4 Å². The quantitative estimate of drug-likeness (QED) is 0.499. The lowest BCUT2D eigenvalue weighted by Crippen LogP contribution is -2.32. The third-order valence-electron chi connectivity index (χ3n) is 2.13. The molecule has 1 unspecified atom stereocenters. The van der Waals surface area contributed by atoms with E-state index in [1.165, 1.54) is 0 Å². The Kier molecular flexibility index (Phi) is 5.64. The van der Waals surface area contributed by atoms with Crippen molar-refractivity contribution in [2.75, 3.05) is 13.2 Å². The third kappa shape index (κ3) is 3.15. The van der Waals surface area contributed by atoms with Crippen LogP contribution >= 0.6 is 27.5 Å². The molecule has 0 saturated heterocycles. The summed E-state index contributed by atoms with van der Waals surface area (Å²) in [7, 11) is 0. The first-order valence-corrected chi connectivity index (χ1v) is 5.96. The molecule has 1 atom stereocenters. The zero-order valence-corrected chi connectivity index (χ0v) is 11.1. The average Bonchev–Trinajstić information content (AvgIpc) is 2.29. The van der Waals surface area contributed by atoms with Gasteiger partial charge in [-0.25, -0.2) is 4.39 Å². The molecule has 6 heteroatoms. The fourth-order valence-electron chi connectivity index (χ4n) is 1.27. The van der Waals surface area contributed by atoms with Gasteiger partial charge in [-0.1, -0.05) is 17.7 Å². The predicted octanol–water partition coefficient (Wildman–Crippen LogP) is 2.78. The van der Waals surface area contributed by atoms with Gasteiger partial charge in [-0.15, -0.1) is 0 Å². The molecule has 0 amide bonds. The second kappa shape index (κ2) is 6.51. The zero-order valence-electron chi connectivity index (χ0n) is 8.77. The van der Waals surface area contributed by atoms with Crippen molar-refractivity contribution in [3.8, 4) is 0 Å². The molecule has 3 nitrogen and oxygen atoms in total. The highest BCUT2D eigenvalue weighted by molar-refractivity contribution is 9.10. The van der Waals surface area contributed by atoms with Crippen LogP contribution in [-0.4, -0.2) is 13.2 Å². The lowest BCUT2D eigenvalue weighted by atomic mass is 10.1. The summed E-state index contributed by atoms with van der Waals surface area (Å²) in [6.07, 6.45) is 0. The maximum absolute atomic E-state index is 13.8. The first-order chi connectivity index (χ1) is 7.61. The van der Waals surface area contributed by atoms with Crippen LogP contribution in [0.1, 0.15) is 18.5 Å². The summed E-state index contributed by atoms with van der Waals surface area (Å²) >= 11 is 8.94. The van der Waals surface area contributed by atoms with Crippen LogP contribution in [0.3, 0.4) is 0 Å². The maximum atomic E-state index is 13.8. The summed E-state index contributed by atoms with van der Waals surface area (Å²) in [6, 6.07) is 2.89. The van der Waals surface area contributed by atoms with Crippen molar-refractivity contribution >= 4 is 27.5 Å². The monoisotopic (exact) mass is 310 g/mol. The highest BCUT2D eigenvalue weighted by Crippen LogP contribution is 2.30. The molecular formula is C10H13BrClFN2O. The van der Waals surface area contributed by atoms with Gasteiger partial charge >= 0.3 is 0 Å². The maximum Gasteiger partial charge on any atom is 0.147 e. The van der Waals surface area contributed by atoms with E-state index >= 15 is 0 Å². The van der Waals surface area contributed by atoms with Gasteiger partial charge in [-0.3, -0.25) is 11.3 Å². The molecule has 3 N–H and O–H groups in total. The smallest absolute Gasteiger partial charge is 0.147 e. The standard InChI is InChI=1S/C10H13BrClFN2O/c1-2-16-5-8(15-14)6-3-4-7(11)9(12)10(6)13/h3-4,8,15H,2,5,14H2,1H3. The van der Waals surface area contributed by atoms with Gasteiger partial charge in [0.2, 0.25) is 0 Å². The highest BCUT2D eigenvalue weighted by atomic mass is 79.9. The van der Waals surface area contributed by atoms with Gasteiger partial charge < -0.3 is 4.74 Å². The summed E-state index contributed by atoms with van der Waals surface area (Å²) in [4.78, 5) is 0. The lowest BCUT2D eigenvalue weighted by Gasteiger charge is -2.17. The molecule has 0 aliphatic heterocycles.